The average Bonchev–Trinajstić information content (AvgIpc) is 2.91. The van der Waals surface area contributed by atoms with E-state index in [4.69, 9.17) is 10.5 Å². The van der Waals surface area contributed by atoms with E-state index in [1.807, 2.05) is 6.07 Å². The third-order valence-electron chi connectivity index (χ3n) is 5.87. The van der Waals surface area contributed by atoms with E-state index in [0.717, 1.165) is 37.1 Å². The number of alkyl halides is 4. The summed E-state index contributed by atoms with van der Waals surface area (Å²) < 4.78 is 71.8. The van der Waals surface area contributed by atoms with Gasteiger partial charge in [-0.25, -0.2) is 13.8 Å². The summed E-state index contributed by atoms with van der Waals surface area (Å²) in [6.07, 6.45) is -3.67. The Morgan fingerprint density at radius 2 is 1.80 bits per heavy atom. The van der Waals surface area contributed by atoms with Crippen LogP contribution in [0.15, 0.2) is 48.7 Å². The summed E-state index contributed by atoms with van der Waals surface area (Å²) in [4.78, 5) is 31.2. The van der Waals surface area contributed by atoms with Crippen LogP contribution in [0.5, 0.6) is 0 Å². The highest BCUT2D eigenvalue weighted by Crippen LogP contribution is 2.41. The first-order chi connectivity index (χ1) is 19.2. The number of carbonyl (C=O) groups is 2. The summed E-state index contributed by atoms with van der Waals surface area (Å²) in [5, 5.41) is 20.0. The number of nitrogens with one attached hydrogen (secondary N) is 1. The minimum atomic E-state index is -4.97. The van der Waals surface area contributed by atoms with Crippen LogP contribution in [0.2, 0.25) is 0 Å². The summed E-state index contributed by atoms with van der Waals surface area (Å²) >= 11 is 1.53. The van der Waals surface area contributed by atoms with Gasteiger partial charge in [-0.2, -0.15) is 23.7 Å². The molecular formula is C28H21F5IN5O2. The summed E-state index contributed by atoms with van der Waals surface area (Å²) in [5.74, 6) is -3.17. The average molecular weight is 681 g/mol. The van der Waals surface area contributed by atoms with Gasteiger partial charge < -0.3 is 10.2 Å². The van der Waals surface area contributed by atoms with Gasteiger partial charge >= 0.3 is 6.18 Å². The third kappa shape index (κ3) is 7.35. The summed E-state index contributed by atoms with van der Waals surface area (Å²) in [5.41, 5.74) is -5.32. The van der Waals surface area contributed by atoms with E-state index in [0.29, 0.717) is 6.07 Å². The number of unbranched alkanes of at least 4 members (excludes halogenated alkanes) is 1. The van der Waals surface area contributed by atoms with Gasteiger partial charge in [-0.1, -0.05) is 6.07 Å². The highest BCUT2D eigenvalue weighted by Gasteiger charge is 2.37. The fourth-order valence-electron chi connectivity index (χ4n) is 3.77. The van der Waals surface area contributed by atoms with E-state index in [2.05, 4.69) is 10.3 Å². The molecule has 0 aliphatic rings. The molecule has 0 bridgehead atoms. The zero-order valence-corrected chi connectivity index (χ0v) is 23.8. The molecule has 212 valence electrons. The number of benzene rings is 2. The van der Waals surface area contributed by atoms with Crippen molar-refractivity contribution in [3.8, 4) is 12.1 Å². The van der Waals surface area contributed by atoms with Crippen LogP contribution >= 0.6 is 22.6 Å². The van der Waals surface area contributed by atoms with Gasteiger partial charge in [-0.3, -0.25) is 9.59 Å². The van der Waals surface area contributed by atoms with Crippen molar-refractivity contribution in [2.75, 3.05) is 16.8 Å². The molecule has 0 aliphatic heterocycles. The monoisotopic (exact) mass is 681 g/mol. The molecule has 0 fully saturated rings. The van der Waals surface area contributed by atoms with E-state index >= 15 is 4.39 Å². The SMILES string of the molecule is CC(C)(F)c1cc(I)c(NC(=O)c2cccc(N(CCCC#N)C(=O)c3ccc(C#N)nc3)c2F)c(C(F)(F)F)c1. The van der Waals surface area contributed by atoms with E-state index < -0.39 is 46.3 Å². The Kier molecular flexibility index (Phi) is 9.65. The predicted octanol–water partition coefficient (Wildman–Crippen LogP) is 7.12. The largest absolute Gasteiger partial charge is 0.418 e. The van der Waals surface area contributed by atoms with Crippen LogP contribution in [0.3, 0.4) is 0 Å². The minimum absolute atomic E-state index is 0.00420. The lowest BCUT2D eigenvalue weighted by Crippen LogP contribution is -2.33. The number of nitriles is 2. The van der Waals surface area contributed by atoms with Gasteiger partial charge in [0.05, 0.1) is 34.1 Å². The molecule has 0 atom stereocenters. The van der Waals surface area contributed by atoms with Crippen molar-refractivity contribution < 1.29 is 31.5 Å². The fourth-order valence-corrected chi connectivity index (χ4v) is 4.54. The van der Waals surface area contributed by atoms with Gasteiger partial charge in [0, 0.05) is 22.7 Å². The number of hydrogen-bond donors (Lipinski definition) is 1. The van der Waals surface area contributed by atoms with Gasteiger partial charge in [0.25, 0.3) is 11.8 Å². The maximum absolute atomic E-state index is 15.8. The molecule has 1 heterocycles. The number of nitrogens with zero attached hydrogens (tertiary/aromatic N) is 4. The molecule has 0 spiro atoms. The number of hydrogen-bond acceptors (Lipinski definition) is 5. The zero-order chi connectivity index (χ0) is 30.5. The quantitative estimate of drug-likeness (QED) is 0.155. The van der Waals surface area contributed by atoms with Gasteiger partial charge in [0.2, 0.25) is 0 Å². The number of aromatic nitrogens is 1. The van der Waals surface area contributed by atoms with Crippen LogP contribution < -0.4 is 10.2 Å². The number of pyridine rings is 1. The minimum Gasteiger partial charge on any atom is -0.320 e. The van der Waals surface area contributed by atoms with Crippen molar-refractivity contribution in [2.24, 2.45) is 0 Å². The molecule has 1 N–H and O–H groups in total. The topological polar surface area (TPSA) is 110 Å². The summed E-state index contributed by atoms with van der Waals surface area (Å²) in [6.45, 7) is 2.05. The lowest BCUT2D eigenvalue weighted by atomic mass is 9.96. The van der Waals surface area contributed by atoms with Crippen molar-refractivity contribution in [1.82, 2.24) is 4.98 Å². The molecule has 3 aromatic rings. The first kappa shape index (κ1) is 31.4. The number of rotatable bonds is 8. The molecule has 0 saturated heterocycles. The smallest absolute Gasteiger partial charge is 0.320 e. The first-order valence-corrected chi connectivity index (χ1v) is 13.0. The molecule has 2 aromatic carbocycles. The zero-order valence-electron chi connectivity index (χ0n) is 21.6. The van der Waals surface area contributed by atoms with E-state index in [-0.39, 0.29) is 45.5 Å². The van der Waals surface area contributed by atoms with Gasteiger partial charge in [0.1, 0.15) is 17.4 Å². The molecule has 0 aliphatic carbocycles. The summed E-state index contributed by atoms with van der Waals surface area (Å²) in [6, 6.07) is 11.5. The van der Waals surface area contributed by atoms with E-state index in [1.165, 1.54) is 46.9 Å². The number of amides is 2. The van der Waals surface area contributed by atoms with Crippen molar-refractivity contribution in [1.29, 1.82) is 10.5 Å². The Morgan fingerprint density at radius 1 is 1.10 bits per heavy atom. The van der Waals surface area contributed by atoms with E-state index in [9.17, 15) is 27.2 Å². The van der Waals surface area contributed by atoms with Crippen molar-refractivity contribution >= 4 is 45.8 Å². The molecule has 3 rings (SSSR count). The molecule has 2 amide bonds. The van der Waals surface area contributed by atoms with Gasteiger partial charge in [0.15, 0.2) is 5.82 Å². The van der Waals surface area contributed by atoms with Crippen molar-refractivity contribution in [2.45, 2.75) is 38.5 Å². The third-order valence-corrected chi connectivity index (χ3v) is 6.73. The predicted molar refractivity (Wildman–Crippen MR) is 148 cm³/mol. The Labute approximate surface area is 245 Å². The summed E-state index contributed by atoms with van der Waals surface area (Å²) in [7, 11) is 0. The van der Waals surface area contributed by atoms with Crippen LogP contribution in [0.1, 0.15) is 64.2 Å². The Morgan fingerprint density at radius 3 is 2.37 bits per heavy atom. The second-order valence-corrected chi connectivity index (χ2v) is 10.4. The normalized spacial score (nSPS) is 11.4. The number of carbonyl (C=O) groups excluding carboxylic acids is 2. The highest BCUT2D eigenvalue weighted by atomic mass is 127. The lowest BCUT2D eigenvalue weighted by molar-refractivity contribution is -0.137. The fraction of sp³-hybridized carbons (Fsp3) is 0.250. The molecule has 13 heteroatoms. The Bertz CT molecular complexity index is 1550. The second-order valence-electron chi connectivity index (χ2n) is 9.21. The second kappa shape index (κ2) is 12.6. The first-order valence-electron chi connectivity index (χ1n) is 11.9. The van der Waals surface area contributed by atoms with Crippen LogP contribution in [0.25, 0.3) is 0 Å². The molecule has 7 nitrogen and oxygen atoms in total. The molecule has 0 saturated carbocycles. The highest BCUT2D eigenvalue weighted by molar-refractivity contribution is 14.1. The van der Waals surface area contributed by atoms with Crippen LogP contribution in [-0.4, -0.2) is 23.3 Å². The standard InChI is InChI=1S/C28H21F5IN5O2/c1-27(2,30)17-12-20(28(31,32)33)24(21(34)13-17)38-25(40)19-6-5-7-22(23(19)29)39(11-4-3-10-35)26(41)16-8-9-18(14-36)37-15-16/h5-9,12-13,15H,3-4,11H2,1-2H3,(H,38,40). The maximum Gasteiger partial charge on any atom is 0.418 e. The molecular weight excluding hydrogens is 660 g/mol. The number of anilines is 2. The van der Waals surface area contributed by atoms with Crippen LogP contribution in [0.4, 0.5) is 33.3 Å². The number of halogens is 6. The van der Waals surface area contributed by atoms with Crippen molar-refractivity contribution in [3.05, 3.63) is 86.0 Å². The van der Waals surface area contributed by atoms with Crippen LogP contribution in [0, 0.1) is 32.0 Å². The Hall–Kier alpha value is -4.11. The van der Waals surface area contributed by atoms with Gasteiger partial charge in [-0.05, 0) is 84.8 Å². The molecule has 0 unspecified atom stereocenters. The molecule has 0 radical (unpaired) electrons. The maximum atomic E-state index is 15.8. The molecule has 41 heavy (non-hydrogen) atoms. The lowest BCUT2D eigenvalue weighted by Gasteiger charge is -2.24. The van der Waals surface area contributed by atoms with Crippen LogP contribution in [-0.2, 0) is 11.8 Å². The van der Waals surface area contributed by atoms with Gasteiger partial charge in [-0.15, -0.1) is 0 Å². The molecule has 1 aromatic heterocycles. The Balaban J connectivity index is 2.04. The van der Waals surface area contributed by atoms with Crippen molar-refractivity contribution in [3.63, 3.8) is 0 Å². The van der Waals surface area contributed by atoms with E-state index in [1.54, 1.807) is 6.07 Å².